The van der Waals surface area contributed by atoms with Gasteiger partial charge in [-0.2, -0.15) is 0 Å². The number of rotatable bonds is 11. The fraction of sp³-hybridized carbons (Fsp3) is 0.395. The zero-order valence-corrected chi connectivity index (χ0v) is 44.0. The number of ether oxygens (including phenoxy) is 1. The minimum atomic E-state index is -1.58. The van der Waals surface area contributed by atoms with Gasteiger partial charge in [0, 0.05) is 9.49 Å². The van der Waals surface area contributed by atoms with Crippen LogP contribution < -0.4 is 119 Å². The summed E-state index contributed by atoms with van der Waals surface area (Å²) in [6.45, 7) is 6.81. The van der Waals surface area contributed by atoms with E-state index in [-0.39, 0.29) is 94.2 Å². The third-order valence-electron chi connectivity index (χ3n) is 11.5. The number of hydrogen-bond acceptors (Lipinski definition) is 14. The number of carbonyl (C=O) groups excluding carboxylic acids is 8. The van der Waals surface area contributed by atoms with Crippen LogP contribution in [0.5, 0.6) is 5.75 Å². The molecule has 3 aromatic rings. The summed E-state index contributed by atoms with van der Waals surface area (Å²) in [5, 5.41) is 38.4. The minimum absolute atomic E-state index is 0. The van der Waals surface area contributed by atoms with Crippen molar-refractivity contribution in [3.8, 4) is 5.75 Å². The number of nitrogens with zero attached hydrogens (tertiary/aromatic N) is 2. The Morgan fingerprint density at radius 1 is 0.641 bits per heavy atom. The van der Waals surface area contributed by atoms with Crippen molar-refractivity contribution in [3.05, 3.63) is 101 Å². The van der Waals surface area contributed by atoms with Crippen molar-refractivity contribution in [3.63, 3.8) is 0 Å². The molecule has 8 rings (SSSR count). The molecule has 4 heterocycles. The molecule has 0 aromatic heterocycles. The fourth-order valence-electron chi connectivity index (χ4n) is 8.59. The largest absolute Gasteiger partial charge is 1.00 e. The van der Waals surface area contributed by atoms with Crippen LogP contribution in [0, 0.1) is 0 Å². The van der Waals surface area contributed by atoms with Gasteiger partial charge in [-0.05, 0) is 81.3 Å². The van der Waals surface area contributed by atoms with Gasteiger partial charge in [-0.15, -0.1) is 23.5 Å². The minimum Gasteiger partial charge on any atom is -0.549 e. The van der Waals surface area contributed by atoms with Gasteiger partial charge in [0.2, 0.25) is 23.6 Å². The molecule has 4 amide bonds. The molecule has 320 valence electrons. The van der Waals surface area contributed by atoms with Crippen LogP contribution in [-0.2, 0) is 51.2 Å². The maximum absolute atomic E-state index is 13.4. The monoisotopic (exact) mass is 938 g/mol. The molecule has 8 atom stereocenters. The number of amides is 4. The second-order valence-corrected chi connectivity index (χ2v) is 19.9. The summed E-state index contributed by atoms with van der Waals surface area (Å²) in [5.74, 6) is -10.1. The topological polar surface area (TPSA) is 246 Å². The Bertz CT molecular complexity index is 2330. The first-order valence-corrected chi connectivity index (χ1v) is 21.2. The van der Waals surface area contributed by atoms with Gasteiger partial charge in [-0.1, -0.05) is 66.7 Å². The van der Waals surface area contributed by atoms with Gasteiger partial charge in [-0.25, -0.2) is 0 Å². The SMILES string of the molecule is CC1(C)S[C@@H]2[C@H](NC(=O)C(C(=O)Oc3ccc4c(c3)CCC4)c3ccccc3)C(=O)N2[C@H]1C(=O)[O-].CC1(C)S[C@@H]2[C@H](NC(=O)C(C(=O)[O-])c3ccccc3)C(=O)N2[C@H]1C(=O)[O-].[Na+].[Na+].[Na+]. The fourth-order valence-corrected chi connectivity index (χ4v) is 11.8. The van der Waals surface area contributed by atoms with Gasteiger partial charge >= 0.3 is 94.6 Å². The Hall–Kier alpha value is -2.88. The van der Waals surface area contributed by atoms with Crippen molar-refractivity contribution in [2.75, 3.05) is 0 Å². The van der Waals surface area contributed by atoms with Crippen molar-refractivity contribution in [1.82, 2.24) is 20.4 Å². The number of carboxylic acid groups (broad SMARTS) is 3. The molecule has 64 heavy (non-hydrogen) atoms. The number of thioether (sulfide) groups is 2. The Kier molecular flexibility index (Phi) is 18.0. The van der Waals surface area contributed by atoms with E-state index in [1.54, 1.807) is 82.3 Å². The van der Waals surface area contributed by atoms with E-state index in [1.807, 2.05) is 12.1 Å². The standard InChI is InChI=1S/C26H26N2O6S.C17H18N2O6S.3Na/c1-26(2)20(24(31)32)28-22(30)19(23(28)35-26)27-21(29)18(15-7-4-3-5-8-15)25(33)34-17-12-11-14-9-6-10-16(14)13-17;1-17(2)11(16(24)25)19-13(21)10(14(19)26-17)18-12(20)9(15(22)23)8-6-4-3-5-7-8;;;/h3-5,7-8,11-13,18-20,23H,6,9-10H2,1-2H3,(H,27,29)(H,31,32);3-7,9-11,14H,1-2H3,(H,18,20)(H,22,23)(H,24,25);;;/q;;3*+1/p-3/t18?,19-,20+,23-;9?,10-,11+,14-;;;/m11.../s1. The molecular formula is C43H41N4Na3O12S2. The second kappa shape index (κ2) is 21.4. The maximum Gasteiger partial charge on any atom is 1.00 e. The Balaban J connectivity index is 0.000000279. The smallest absolute Gasteiger partial charge is 0.549 e. The van der Waals surface area contributed by atoms with Crippen LogP contribution in [0.1, 0.15) is 68.2 Å². The zero-order chi connectivity index (χ0) is 44.1. The number of nitrogens with one attached hydrogen (secondary N) is 2. The molecule has 5 aliphatic rings. The molecule has 16 nitrogen and oxygen atoms in total. The molecule has 4 saturated heterocycles. The number of fused-ring (bicyclic) bond motifs is 3. The number of carbonyl (C=O) groups is 8. The van der Waals surface area contributed by atoms with Gasteiger partial charge in [0.15, 0.2) is 5.92 Å². The maximum atomic E-state index is 13.4. The van der Waals surface area contributed by atoms with Crippen molar-refractivity contribution in [2.24, 2.45) is 0 Å². The third-order valence-corrected chi connectivity index (χ3v) is 14.6. The van der Waals surface area contributed by atoms with Crippen molar-refractivity contribution in [1.29, 1.82) is 0 Å². The van der Waals surface area contributed by atoms with E-state index in [0.29, 0.717) is 11.3 Å². The van der Waals surface area contributed by atoms with Crippen LogP contribution >= 0.6 is 23.5 Å². The first-order valence-electron chi connectivity index (χ1n) is 19.5. The third kappa shape index (κ3) is 10.5. The summed E-state index contributed by atoms with van der Waals surface area (Å²) in [6, 6.07) is 17.7. The second-order valence-electron chi connectivity index (χ2n) is 16.3. The van der Waals surface area contributed by atoms with Gasteiger partial charge in [0.25, 0.3) is 0 Å². The zero-order valence-electron chi connectivity index (χ0n) is 36.4. The van der Waals surface area contributed by atoms with Crippen LogP contribution in [0.4, 0.5) is 0 Å². The summed E-state index contributed by atoms with van der Waals surface area (Å²) in [7, 11) is 0. The average molecular weight is 939 g/mol. The summed E-state index contributed by atoms with van der Waals surface area (Å²) in [4.78, 5) is 101. The van der Waals surface area contributed by atoms with Crippen LogP contribution in [0.25, 0.3) is 0 Å². The summed E-state index contributed by atoms with van der Waals surface area (Å²) in [5.41, 5.74) is 3.05. The number of β-lactam (4-membered cyclic amide) rings is 2. The van der Waals surface area contributed by atoms with Crippen LogP contribution in [-0.4, -0.2) is 102 Å². The van der Waals surface area contributed by atoms with Crippen molar-refractivity contribution in [2.45, 2.75) is 103 Å². The summed E-state index contributed by atoms with van der Waals surface area (Å²) in [6.07, 6.45) is 2.98. The predicted octanol–water partition coefficient (Wildman–Crippen LogP) is -10.0. The van der Waals surface area contributed by atoms with E-state index in [9.17, 15) is 53.7 Å². The number of esters is 1. The molecule has 0 spiro atoms. The molecule has 21 heteroatoms. The molecule has 0 saturated carbocycles. The molecule has 0 bridgehead atoms. The van der Waals surface area contributed by atoms with Crippen molar-refractivity contribution >= 4 is 71.0 Å². The quantitative estimate of drug-likeness (QED) is 0.0597. The molecule has 0 radical (unpaired) electrons. The van der Waals surface area contributed by atoms with Crippen LogP contribution in [0.2, 0.25) is 0 Å². The van der Waals surface area contributed by atoms with E-state index < -0.39 is 104 Å². The number of hydrogen-bond donors (Lipinski definition) is 2. The molecule has 3 aromatic carbocycles. The summed E-state index contributed by atoms with van der Waals surface area (Å²) >= 11 is 2.52. The number of carboxylic acids is 3. The van der Waals surface area contributed by atoms with Crippen molar-refractivity contribution < 1.29 is 147 Å². The Labute approximate surface area is 444 Å². The Morgan fingerprint density at radius 3 is 1.50 bits per heavy atom. The molecule has 4 fully saturated rings. The molecule has 1 aliphatic carbocycles. The molecule has 2 N–H and O–H groups in total. The van der Waals surface area contributed by atoms with Gasteiger partial charge in [0.1, 0.15) is 34.5 Å². The van der Waals surface area contributed by atoms with E-state index in [0.717, 1.165) is 24.8 Å². The van der Waals surface area contributed by atoms with E-state index in [1.165, 1.54) is 51.0 Å². The average Bonchev–Trinajstić information content (AvgIpc) is 3.85. The molecular weight excluding hydrogens is 898 g/mol. The van der Waals surface area contributed by atoms with E-state index in [4.69, 9.17) is 4.74 Å². The van der Waals surface area contributed by atoms with E-state index in [2.05, 4.69) is 10.6 Å². The number of aliphatic carboxylic acids is 3. The number of aryl methyl sites for hydroxylation is 2. The Morgan fingerprint density at radius 2 is 1.06 bits per heavy atom. The molecule has 2 unspecified atom stereocenters. The predicted molar refractivity (Wildman–Crippen MR) is 214 cm³/mol. The first-order chi connectivity index (χ1) is 28.8. The summed E-state index contributed by atoms with van der Waals surface area (Å²) < 4.78 is 4.06. The van der Waals surface area contributed by atoms with Crippen LogP contribution in [0.15, 0.2) is 78.9 Å². The van der Waals surface area contributed by atoms with Gasteiger partial charge in [-0.3, -0.25) is 24.0 Å². The van der Waals surface area contributed by atoms with Gasteiger partial charge < -0.3 is 54.9 Å². The normalized spacial score (nSPS) is 24.6. The van der Waals surface area contributed by atoms with E-state index >= 15 is 0 Å². The van der Waals surface area contributed by atoms with Gasteiger partial charge in [0.05, 0.1) is 30.0 Å². The first kappa shape index (κ1) is 53.7. The number of benzene rings is 3. The molecule has 4 aliphatic heterocycles. The van der Waals surface area contributed by atoms with Crippen LogP contribution in [0.3, 0.4) is 0 Å².